The first-order chi connectivity index (χ1) is 12.2. The van der Waals surface area contributed by atoms with Gasteiger partial charge in [-0.25, -0.2) is 4.79 Å². The Morgan fingerprint density at radius 2 is 1.80 bits per heavy atom. The molecule has 0 N–H and O–H groups in total. The Morgan fingerprint density at radius 1 is 1.08 bits per heavy atom. The third-order valence-electron chi connectivity index (χ3n) is 4.05. The molecule has 0 bridgehead atoms. The summed E-state index contributed by atoms with van der Waals surface area (Å²) in [4.78, 5) is 27.5. The number of nitrogens with zero attached hydrogens (tertiary/aromatic N) is 2. The quantitative estimate of drug-likeness (QED) is 0.565. The Labute approximate surface area is 149 Å². The average Bonchev–Trinajstić information content (AvgIpc) is 2.65. The molecule has 1 amide bonds. The Bertz CT molecular complexity index is 603. The average molecular weight is 342 g/mol. The fraction of sp³-hybridized carbons (Fsp3) is 0.400. The molecule has 1 heterocycles. The molecule has 0 atom stereocenters. The van der Waals surface area contributed by atoms with Gasteiger partial charge in [-0.1, -0.05) is 48.6 Å². The smallest absolute Gasteiger partial charge is 0.409 e. The molecule has 0 aromatic heterocycles. The van der Waals surface area contributed by atoms with E-state index in [0.717, 1.165) is 25.2 Å². The van der Waals surface area contributed by atoms with Gasteiger partial charge < -0.3 is 9.64 Å². The fourth-order valence-electron chi connectivity index (χ4n) is 2.61. The van der Waals surface area contributed by atoms with E-state index in [-0.39, 0.29) is 11.9 Å². The fourth-order valence-corrected chi connectivity index (χ4v) is 2.61. The second kappa shape index (κ2) is 10.5. The van der Waals surface area contributed by atoms with Gasteiger partial charge in [0.15, 0.2) is 5.78 Å². The predicted octanol–water partition coefficient (Wildman–Crippen LogP) is 2.99. The minimum Gasteiger partial charge on any atom is -0.450 e. The van der Waals surface area contributed by atoms with Crippen molar-refractivity contribution < 1.29 is 14.3 Å². The molecule has 0 aliphatic carbocycles. The Morgan fingerprint density at radius 3 is 2.48 bits per heavy atom. The summed E-state index contributed by atoms with van der Waals surface area (Å²) in [5, 5.41) is 0. The molecule has 134 valence electrons. The number of carbonyl (C=O) groups excluding carboxylic acids is 2. The second-order valence-corrected chi connectivity index (χ2v) is 5.87. The number of allylic oxidation sites excluding steroid dienone is 3. The molecule has 1 aliphatic heterocycles. The number of benzene rings is 1. The van der Waals surface area contributed by atoms with Crippen LogP contribution in [0, 0.1) is 0 Å². The number of hydrogen-bond donors (Lipinski definition) is 0. The lowest BCUT2D eigenvalue weighted by Crippen LogP contribution is -2.49. The minimum atomic E-state index is -0.244. The highest BCUT2D eigenvalue weighted by Gasteiger charge is 2.21. The lowest BCUT2D eigenvalue weighted by molar-refractivity contribution is -0.115. The van der Waals surface area contributed by atoms with Crippen LogP contribution in [0.5, 0.6) is 0 Å². The monoisotopic (exact) mass is 342 g/mol. The lowest BCUT2D eigenvalue weighted by Gasteiger charge is -2.33. The SMILES string of the molecule is CCOC(=O)N1CCN(CCC(=O)/C=C/C=C/c2ccccc2)CC1. The first kappa shape index (κ1) is 18.9. The molecule has 1 fully saturated rings. The van der Waals surface area contributed by atoms with E-state index in [1.807, 2.05) is 49.4 Å². The number of rotatable bonds is 7. The number of hydrogen-bond acceptors (Lipinski definition) is 4. The van der Waals surface area contributed by atoms with Crippen molar-refractivity contribution in [1.82, 2.24) is 9.80 Å². The number of ether oxygens (including phenoxy) is 1. The molecule has 5 nitrogen and oxygen atoms in total. The number of carbonyl (C=O) groups is 2. The van der Waals surface area contributed by atoms with E-state index < -0.39 is 0 Å². The number of ketones is 1. The van der Waals surface area contributed by atoms with Crippen LogP contribution in [-0.4, -0.2) is 61.0 Å². The van der Waals surface area contributed by atoms with Gasteiger partial charge in [0.25, 0.3) is 0 Å². The van der Waals surface area contributed by atoms with Gasteiger partial charge in [0.2, 0.25) is 0 Å². The zero-order valence-electron chi connectivity index (χ0n) is 14.8. The van der Waals surface area contributed by atoms with E-state index in [1.54, 1.807) is 17.1 Å². The van der Waals surface area contributed by atoms with Gasteiger partial charge in [-0.15, -0.1) is 0 Å². The van der Waals surface area contributed by atoms with E-state index in [0.29, 0.717) is 26.1 Å². The molecule has 0 spiro atoms. The van der Waals surface area contributed by atoms with Crippen LogP contribution < -0.4 is 0 Å². The van der Waals surface area contributed by atoms with Crippen LogP contribution in [0.25, 0.3) is 6.08 Å². The van der Waals surface area contributed by atoms with Gasteiger partial charge >= 0.3 is 6.09 Å². The zero-order chi connectivity index (χ0) is 17.9. The van der Waals surface area contributed by atoms with Crippen LogP contribution in [0.4, 0.5) is 4.79 Å². The molecule has 0 saturated carbocycles. The standard InChI is InChI=1S/C20H26N2O3/c1-2-25-20(24)22-16-14-21(15-17-22)13-12-19(23)11-7-6-10-18-8-4-3-5-9-18/h3-11H,2,12-17H2,1H3/b10-6+,11-7+. The maximum Gasteiger partial charge on any atom is 0.409 e. The van der Waals surface area contributed by atoms with Crippen molar-refractivity contribution in [3.8, 4) is 0 Å². The van der Waals surface area contributed by atoms with Gasteiger partial charge in [-0.3, -0.25) is 9.69 Å². The summed E-state index contributed by atoms with van der Waals surface area (Å²) in [7, 11) is 0. The molecule has 25 heavy (non-hydrogen) atoms. The van der Waals surface area contributed by atoms with Crippen LogP contribution >= 0.6 is 0 Å². The topological polar surface area (TPSA) is 49.9 Å². The third-order valence-corrected chi connectivity index (χ3v) is 4.05. The highest BCUT2D eigenvalue weighted by molar-refractivity contribution is 5.90. The van der Waals surface area contributed by atoms with Gasteiger partial charge in [0, 0.05) is 39.1 Å². The van der Waals surface area contributed by atoms with E-state index in [2.05, 4.69) is 4.90 Å². The largest absolute Gasteiger partial charge is 0.450 e. The summed E-state index contributed by atoms with van der Waals surface area (Å²) in [5.74, 6) is 0.116. The summed E-state index contributed by atoms with van der Waals surface area (Å²) in [6.45, 7) is 5.81. The predicted molar refractivity (Wildman–Crippen MR) is 99.3 cm³/mol. The Balaban J connectivity index is 1.65. The minimum absolute atomic E-state index is 0.116. The molecule has 0 unspecified atom stereocenters. The van der Waals surface area contributed by atoms with Gasteiger partial charge in [-0.2, -0.15) is 0 Å². The summed E-state index contributed by atoms with van der Waals surface area (Å²) >= 11 is 0. The Kier molecular flexibility index (Phi) is 7.92. The molecule has 2 rings (SSSR count). The van der Waals surface area contributed by atoms with Crippen molar-refractivity contribution >= 4 is 18.0 Å². The van der Waals surface area contributed by atoms with Crippen LogP contribution in [-0.2, 0) is 9.53 Å². The summed E-state index contributed by atoms with van der Waals surface area (Å²) < 4.78 is 5.00. The molecule has 1 saturated heterocycles. The van der Waals surface area contributed by atoms with E-state index in [9.17, 15) is 9.59 Å². The van der Waals surface area contributed by atoms with Crippen molar-refractivity contribution in [1.29, 1.82) is 0 Å². The first-order valence-corrected chi connectivity index (χ1v) is 8.75. The molecule has 1 aromatic carbocycles. The summed E-state index contributed by atoms with van der Waals surface area (Å²) in [6.07, 6.45) is 7.51. The van der Waals surface area contributed by atoms with Crippen molar-refractivity contribution in [3.05, 3.63) is 54.1 Å². The third kappa shape index (κ3) is 6.93. The van der Waals surface area contributed by atoms with E-state index in [1.165, 1.54) is 0 Å². The molecule has 0 radical (unpaired) electrons. The number of amides is 1. The first-order valence-electron chi connectivity index (χ1n) is 8.75. The maximum atomic E-state index is 11.9. The molecule has 5 heteroatoms. The van der Waals surface area contributed by atoms with Crippen molar-refractivity contribution in [2.75, 3.05) is 39.3 Å². The lowest BCUT2D eigenvalue weighted by atomic mass is 10.2. The summed E-state index contributed by atoms with van der Waals surface area (Å²) in [6, 6.07) is 9.97. The summed E-state index contributed by atoms with van der Waals surface area (Å²) in [5.41, 5.74) is 1.11. The van der Waals surface area contributed by atoms with Crippen LogP contribution in [0.3, 0.4) is 0 Å². The van der Waals surface area contributed by atoms with Crippen LogP contribution in [0.1, 0.15) is 18.9 Å². The normalized spacial score (nSPS) is 15.8. The van der Waals surface area contributed by atoms with Crippen LogP contribution in [0.2, 0.25) is 0 Å². The molecule has 1 aromatic rings. The van der Waals surface area contributed by atoms with E-state index in [4.69, 9.17) is 4.74 Å². The zero-order valence-corrected chi connectivity index (χ0v) is 14.8. The maximum absolute atomic E-state index is 11.9. The molecular formula is C20H26N2O3. The van der Waals surface area contributed by atoms with Crippen molar-refractivity contribution in [3.63, 3.8) is 0 Å². The molecular weight excluding hydrogens is 316 g/mol. The van der Waals surface area contributed by atoms with Crippen LogP contribution in [0.15, 0.2) is 48.6 Å². The highest BCUT2D eigenvalue weighted by atomic mass is 16.6. The van der Waals surface area contributed by atoms with Gasteiger partial charge in [0.1, 0.15) is 0 Å². The second-order valence-electron chi connectivity index (χ2n) is 5.87. The van der Waals surface area contributed by atoms with Crippen molar-refractivity contribution in [2.24, 2.45) is 0 Å². The van der Waals surface area contributed by atoms with Gasteiger partial charge in [-0.05, 0) is 18.6 Å². The number of piperazine rings is 1. The van der Waals surface area contributed by atoms with Crippen molar-refractivity contribution in [2.45, 2.75) is 13.3 Å². The highest BCUT2D eigenvalue weighted by Crippen LogP contribution is 2.05. The Hall–Kier alpha value is -2.40. The molecule has 1 aliphatic rings. The van der Waals surface area contributed by atoms with E-state index >= 15 is 0 Å². The van der Waals surface area contributed by atoms with Gasteiger partial charge in [0.05, 0.1) is 6.61 Å².